The molecule has 1 aromatic carbocycles. The lowest BCUT2D eigenvalue weighted by atomic mass is 10.3. The highest BCUT2D eigenvalue weighted by Gasteiger charge is 2.02. The lowest BCUT2D eigenvalue weighted by Crippen LogP contribution is -1.94. The van der Waals surface area contributed by atoms with Gasteiger partial charge in [-0.2, -0.15) is 5.26 Å². The third-order valence-corrected chi connectivity index (χ3v) is 2.94. The van der Waals surface area contributed by atoms with E-state index < -0.39 is 0 Å². The van der Waals surface area contributed by atoms with Crippen molar-refractivity contribution in [1.82, 2.24) is 4.98 Å². The fraction of sp³-hybridized carbons (Fsp3) is 0.0769. The summed E-state index contributed by atoms with van der Waals surface area (Å²) in [7, 11) is 1.62. The molecular weight excluding hydrogens is 294 g/mol. The maximum absolute atomic E-state index is 8.68. The predicted molar refractivity (Wildman–Crippen MR) is 72.9 cm³/mol. The summed E-state index contributed by atoms with van der Waals surface area (Å²) in [5, 5.41) is 11.8. The fourth-order valence-corrected chi connectivity index (χ4v) is 1.97. The molecule has 4 nitrogen and oxygen atoms in total. The van der Waals surface area contributed by atoms with Gasteiger partial charge in [-0.25, -0.2) is 4.98 Å². The van der Waals surface area contributed by atoms with Crippen LogP contribution in [0.1, 0.15) is 5.56 Å². The van der Waals surface area contributed by atoms with Crippen LogP contribution in [0.25, 0.3) is 0 Å². The molecule has 0 aliphatic rings. The zero-order valence-electron chi connectivity index (χ0n) is 9.64. The number of hydrogen-bond acceptors (Lipinski definition) is 4. The Kier molecular flexibility index (Phi) is 3.80. The number of halogens is 1. The number of pyridine rings is 1. The largest absolute Gasteiger partial charge is 0.496 e. The number of nitrogens with one attached hydrogen (secondary N) is 1. The van der Waals surface area contributed by atoms with E-state index in [4.69, 9.17) is 10.00 Å². The summed E-state index contributed by atoms with van der Waals surface area (Å²) in [6.07, 6.45) is 1.53. The summed E-state index contributed by atoms with van der Waals surface area (Å²) in [6, 6.07) is 11.2. The van der Waals surface area contributed by atoms with Crippen molar-refractivity contribution < 1.29 is 4.74 Å². The first-order valence-electron chi connectivity index (χ1n) is 5.19. The van der Waals surface area contributed by atoms with Gasteiger partial charge < -0.3 is 10.1 Å². The number of nitrogens with zero attached hydrogens (tertiary/aromatic N) is 2. The topological polar surface area (TPSA) is 57.9 Å². The van der Waals surface area contributed by atoms with Crippen LogP contribution in [0.2, 0.25) is 0 Å². The van der Waals surface area contributed by atoms with E-state index in [9.17, 15) is 0 Å². The molecule has 0 aliphatic heterocycles. The highest BCUT2D eigenvalue weighted by molar-refractivity contribution is 9.10. The van der Waals surface area contributed by atoms with Crippen LogP contribution in [0.4, 0.5) is 11.5 Å². The molecule has 0 amide bonds. The highest BCUT2D eigenvalue weighted by Crippen LogP contribution is 2.28. The van der Waals surface area contributed by atoms with Crippen molar-refractivity contribution in [1.29, 1.82) is 5.26 Å². The van der Waals surface area contributed by atoms with E-state index in [2.05, 4.69) is 26.2 Å². The van der Waals surface area contributed by atoms with E-state index in [1.807, 2.05) is 24.3 Å². The van der Waals surface area contributed by atoms with Gasteiger partial charge >= 0.3 is 0 Å². The first-order valence-corrected chi connectivity index (χ1v) is 5.99. The minimum Gasteiger partial charge on any atom is -0.496 e. The zero-order chi connectivity index (χ0) is 13.0. The Morgan fingerprint density at radius 1 is 1.33 bits per heavy atom. The molecule has 0 spiro atoms. The number of anilines is 2. The van der Waals surface area contributed by atoms with Crippen LogP contribution in [0.5, 0.6) is 5.75 Å². The second kappa shape index (κ2) is 5.52. The minimum absolute atomic E-state index is 0.538. The van der Waals surface area contributed by atoms with Gasteiger partial charge in [-0.3, -0.25) is 0 Å². The van der Waals surface area contributed by atoms with E-state index in [-0.39, 0.29) is 0 Å². The molecule has 2 aromatic rings. The summed E-state index contributed by atoms with van der Waals surface area (Å²) in [4.78, 5) is 4.14. The van der Waals surface area contributed by atoms with Crippen LogP contribution >= 0.6 is 15.9 Å². The number of rotatable bonds is 3. The molecule has 1 heterocycles. The van der Waals surface area contributed by atoms with Crippen LogP contribution < -0.4 is 10.1 Å². The summed E-state index contributed by atoms with van der Waals surface area (Å²) in [6.45, 7) is 0. The maximum atomic E-state index is 8.68. The standard InChI is InChI=1S/C13H10BrN3O/c1-18-12-4-3-10(6-11(12)14)17-13-5-2-9(7-15)8-16-13/h2-6,8H,1H3,(H,16,17). The third-order valence-electron chi connectivity index (χ3n) is 2.32. The summed E-state index contributed by atoms with van der Waals surface area (Å²) < 4.78 is 6.02. The van der Waals surface area contributed by atoms with Gasteiger partial charge in [-0.15, -0.1) is 0 Å². The molecule has 0 aliphatic carbocycles. The van der Waals surface area contributed by atoms with Crippen molar-refractivity contribution in [3.63, 3.8) is 0 Å². The predicted octanol–water partition coefficient (Wildman–Crippen LogP) is 3.47. The average molecular weight is 304 g/mol. The summed E-state index contributed by atoms with van der Waals surface area (Å²) in [5.74, 6) is 1.46. The third kappa shape index (κ3) is 2.79. The van der Waals surface area contributed by atoms with Gasteiger partial charge in [0.2, 0.25) is 0 Å². The van der Waals surface area contributed by atoms with Crippen molar-refractivity contribution >= 4 is 27.4 Å². The Hall–Kier alpha value is -2.06. The number of ether oxygens (including phenoxy) is 1. The molecule has 18 heavy (non-hydrogen) atoms. The molecule has 0 atom stereocenters. The SMILES string of the molecule is COc1ccc(Nc2ccc(C#N)cn2)cc1Br. The van der Waals surface area contributed by atoms with E-state index >= 15 is 0 Å². The molecule has 0 radical (unpaired) electrons. The second-order valence-corrected chi connectivity index (χ2v) is 4.37. The molecule has 1 aromatic heterocycles. The van der Waals surface area contributed by atoms with Crippen molar-refractivity contribution in [2.24, 2.45) is 0 Å². The lowest BCUT2D eigenvalue weighted by Gasteiger charge is -2.08. The molecule has 0 fully saturated rings. The quantitative estimate of drug-likeness (QED) is 0.943. The van der Waals surface area contributed by atoms with Gasteiger partial charge in [0.1, 0.15) is 17.6 Å². The molecule has 0 saturated heterocycles. The van der Waals surface area contributed by atoms with Gasteiger partial charge in [-0.1, -0.05) is 0 Å². The number of benzene rings is 1. The first-order chi connectivity index (χ1) is 8.72. The van der Waals surface area contributed by atoms with Gasteiger partial charge in [0.15, 0.2) is 0 Å². The number of hydrogen-bond donors (Lipinski definition) is 1. The molecular formula is C13H10BrN3O. The summed E-state index contributed by atoms with van der Waals surface area (Å²) >= 11 is 3.41. The molecule has 0 unspecified atom stereocenters. The number of aromatic nitrogens is 1. The number of methoxy groups -OCH3 is 1. The fourth-order valence-electron chi connectivity index (χ4n) is 1.43. The molecule has 2 rings (SSSR count). The van der Waals surface area contributed by atoms with Crippen LogP contribution in [0.15, 0.2) is 41.0 Å². The molecule has 5 heteroatoms. The van der Waals surface area contributed by atoms with Crippen LogP contribution in [0, 0.1) is 11.3 Å². The summed E-state index contributed by atoms with van der Waals surface area (Å²) in [5.41, 5.74) is 1.43. The smallest absolute Gasteiger partial charge is 0.133 e. The van der Waals surface area contributed by atoms with Gasteiger partial charge in [0.05, 0.1) is 17.1 Å². The Morgan fingerprint density at radius 3 is 2.72 bits per heavy atom. The maximum Gasteiger partial charge on any atom is 0.133 e. The van der Waals surface area contributed by atoms with Crippen molar-refractivity contribution in [3.05, 3.63) is 46.6 Å². The van der Waals surface area contributed by atoms with Crippen molar-refractivity contribution in [2.45, 2.75) is 0 Å². The first kappa shape index (κ1) is 12.4. The molecule has 1 N–H and O–H groups in total. The lowest BCUT2D eigenvalue weighted by molar-refractivity contribution is 0.412. The van der Waals surface area contributed by atoms with E-state index in [0.29, 0.717) is 11.4 Å². The zero-order valence-corrected chi connectivity index (χ0v) is 11.2. The number of nitriles is 1. The Bertz CT molecular complexity index is 590. The highest BCUT2D eigenvalue weighted by atomic mass is 79.9. The second-order valence-electron chi connectivity index (χ2n) is 3.52. The molecule has 0 saturated carbocycles. The Balaban J connectivity index is 2.18. The van der Waals surface area contributed by atoms with Crippen molar-refractivity contribution in [2.75, 3.05) is 12.4 Å². The van der Waals surface area contributed by atoms with Gasteiger partial charge in [0.25, 0.3) is 0 Å². The van der Waals surface area contributed by atoms with E-state index in [1.165, 1.54) is 6.20 Å². The normalized spacial score (nSPS) is 9.61. The van der Waals surface area contributed by atoms with E-state index in [1.54, 1.807) is 19.2 Å². The van der Waals surface area contributed by atoms with E-state index in [0.717, 1.165) is 15.9 Å². The molecule has 0 bridgehead atoms. The molecule has 90 valence electrons. The van der Waals surface area contributed by atoms with Gasteiger partial charge in [-0.05, 0) is 46.3 Å². The Morgan fingerprint density at radius 2 is 2.17 bits per heavy atom. The minimum atomic E-state index is 0.538. The Labute approximate surface area is 113 Å². The average Bonchev–Trinajstić information content (AvgIpc) is 2.40. The van der Waals surface area contributed by atoms with Crippen molar-refractivity contribution in [3.8, 4) is 11.8 Å². The van der Waals surface area contributed by atoms with Crippen LogP contribution in [0.3, 0.4) is 0 Å². The van der Waals surface area contributed by atoms with Crippen LogP contribution in [-0.2, 0) is 0 Å². The monoisotopic (exact) mass is 303 g/mol. The van der Waals surface area contributed by atoms with Crippen LogP contribution in [-0.4, -0.2) is 12.1 Å². The van der Waals surface area contributed by atoms with Gasteiger partial charge in [0, 0.05) is 11.9 Å².